The highest BCUT2D eigenvalue weighted by atomic mass is 16.5. The van der Waals surface area contributed by atoms with Gasteiger partial charge in [-0.05, 0) is 66.3 Å². The normalized spacial score (nSPS) is 13.5. The molecule has 0 spiro atoms. The third-order valence-corrected chi connectivity index (χ3v) is 7.65. The van der Waals surface area contributed by atoms with Crippen molar-refractivity contribution in [2.45, 2.75) is 38.6 Å². The van der Waals surface area contributed by atoms with Crippen LogP contribution in [0.1, 0.15) is 43.4 Å². The van der Waals surface area contributed by atoms with Crippen molar-refractivity contribution in [2.24, 2.45) is 0 Å². The fraction of sp³-hybridized carbons (Fsp3) is 0.303. The Kier molecular flexibility index (Phi) is 9.61. The third-order valence-electron chi connectivity index (χ3n) is 7.65. The van der Waals surface area contributed by atoms with Crippen LogP contribution in [-0.4, -0.2) is 54.9 Å². The van der Waals surface area contributed by atoms with Crippen molar-refractivity contribution in [3.8, 4) is 39.8 Å². The molecule has 1 aliphatic carbocycles. The average molecular weight is 613 g/mol. The first-order valence-electron chi connectivity index (χ1n) is 14.6. The monoisotopic (exact) mass is 612 g/mol. The van der Waals surface area contributed by atoms with Crippen LogP contribution in [0.4, 0.5) is 11.4 Å². The Morgan fingerprint density at radius 3 is 2.56 bits per heavy atom. The lowest BCUT2D eigenvalue weighted by molar-refractivity contribution is -0.119. The van der Waals surface area contributed by atoms with Gasteiger partial charge in [-0.25, -0.2) is 4.98 Å². The number of benzene rings is 2. The van der Waals surface area contributed by atoms with Gasteiger partial charge in [0.25, 0.3) is 0 Å². The summed E-state index contributed by atoms with van der Waals surface area (Å²) in [5.41, 5.74) is 4.76. The minimum atomic E-state index is -0.397. The number of amides is 2. The lowest BCUT2D eigenvalue weighted by atomic mass is 9.95. The number of fused-ring (bicyclic) bond motifs is 3. The third kappa shape index (κ3) is 6.90. The number of aromatic nitrogens is 3. The van der Waals surface area contributed by atoms with Crippen LogP contribution in [0.15, 0.2) is 59.7 Å². The summed E-state index contributed by atoms with van der Waals surface area (Å²) >= 11 is 0. The highest BCUT2D eigenvalue weighted by Crippen LogP contribution is 2.50. The van der Waals surface area contributed by atoms with Gasteiger partial charge < -0.3 is 30.2 Å². The molecule has 12 nitrogen and oxygen atoms in total. The number of aromatic amines is 1. The van der Waals surface area contributed by atoms with E-state index < -0.39 is 6.04 Å². The molecule has 4 aromatic rings. The van der Waals surface area contributed by atoms with Gasteiger partial charge in [-0.15, -0.1) is 0 Å². The first-order chi connectivity index (χ1) is 21.8. The molecule has 0 saturated carbocycles. The van der Waals surface area contributed by atoms with Crippen molar-refractivity contribution in [3.63, 3.8) is 0 Å². The number of carbonyl (C=O) groups excluding carboxylic acids is 2. The molecular weight excluding hydrogens is 576 g/mol. The van der Waals surface area contributed by atoms with Crippen LogP contribution in [0, 0.1) is 0 Å². The van der Waals surface area contributed by atoms with E-state index in [1.54, 1.807) is 39.5 Å². The average Bonchev–Trinajstić information content (AvgIpc) is 3.48. The largest absolute Gasteiger partial charge is 0.493 e. The summed E-state index contributed by atoms with van der Waals surface area (Å²) in [4.78, 5) is 42.4. The number of carbonyl (C=O) groups is 2. The molecule has 3 aromatic carbocycles. The number of nitrogens with one attached hydrogen (secondary N) is 4. The van der Waals surface area contributed by atoms with Gasteiger partial charge >= 0.3 is 0 Å². The van der Waals surface area contributed by atoms with Crippen LogP contribution < -0.4 is 35.6 Å². The quantitative estimate of drug-likeness (QED) is 0.179. The topological polar surface area (TPSA) is 157 Å². The molecule has 1 atom stereocenters. The van der Waals surface area contributed by atoms with Crippen molar-refractivity contribution in [3.05, 3.63) is 76.2 Å². The van der Waals surface area contributed by atoms with E-state index in [1.165, 1.54) is 13.3 Å². The van der Waals surface area contributed by atoms with Gasteiger partial charge in [-0.3, -0.25) is 19.5 Å². The van der Waals surface area contributed by atoms with Gasteiger partial charge in [0.15, 0.2) is 17.3 Å². The number of aryl methyl sites for hydroxylation is 1. The second-order valence-corrected chi connectivity index (χ2v) is 10.6. The summed E-state index contributed by atoms with van der Waals surface area (Å²) in [5.74, 6) is 1.73. The molecular formula is C33H36N6O6. The highest BCUT2D eigenvalue weighted by Gasteiger charge is 2.29. The van der Waals surface area contributed by atoms with Gasteiger partial charge in [-0.1, -0.05) is 18.2 Å². The summed E-state index contributed by atoms with van der Waals surface area (Å²) in [5, 5.41) is 15.8. The van der Waals surface area contributed by atoms with Crippen molar-refractivity contribution in [1.82, 2.24) is 20.5 Å². The molecule has 12 heteroatoms. The van der Waals surface area contributed by atoms with Crippen molar-refractivity contribution in [1.29, 1.82) is 0 Å². The lowest BCUT2D eigenvalue weighted by Crippen LogP contribution is -2.26. The fourth-order valence-corrected chi connectivity index (χ4v) is 5.64. The molecule has 0 fully saturated rings. The van der Waals surface area contributed by atoms with Gasteiger partial charge in [0.2, 0.25) is 23.0 Å². The Bertz CT molecular complexity index is 1760. The zero-order chi connectivity index (χ0) is 31.9. The van der Waals surface area contributed by atoms with E-state index >= 15 is 0 Å². The molecule has 234 valence electrons. The maximum atomic E-state index is 13.5. The minimum Gasteiger partial charge on any atom is -0.493 e. The summed E-state index contributed by atoms with van der Waals surface area (Å²) < 4.78 is 17.1. The van der Waals surface area contributed by atoms with Crippen LogP contribution in [0.2, 0.25) is 0 Å². The number of anilines is 2. The van der Waals surface area contributed by atoms with E-state index in [0.717, 1.165) is 22.3 Å². The smallest absolute Gasteiger partial charge is 0.224 e. The number of hydrogen-bond donors (Lipinski definition) is 4. The lowest BCUT2D eigenvalue weighted by Gasteiger charge is -2.19. The predicted molar refractivity (Wildman–Crippen MR) is 171 cm³/mol. The first-order valence-corrected chi connectivity index (χ1v) is 14.6. The molecule has 0 unspecified atom stereocenters. The molecule has 1 heterocycles. The second-order valence-electron chi connectivity index (χ2n) is 10.6. The maximum Gasteiger partial charge on any atom is 0.224 e. The summed E-state index contributed by atoms with van der Waals surface area (Å²) in [6.07, 6.45) is 3.35. The first kappa shape index (κ1) is 31.0. The van der Waals surface area contributed by atoms with Crippen LogP contribution in [0.3, 0.4) is 0 Å². The van der Waals surface area contributed by atoms with Crippen LogP contribution >= 0.6 is 0 Å². The summed E-state index contributed by atoms with van der Waals surface area (Å²) in [7, 11) is 4.67. The molecule has 2 amide bonds. The molecule has 0 bridgehead atoms. The Hall–Kier alpha value is -5.39. The SMILES string of the molecule is COc1cc2c(c(OC)c1OC)-c1ccc(NCCCC(=O)Nc3cccc(-c4ncn[nH]4)c3)c(=O)cc1[C@@H](NC(C)=O)CC2. The van der Waals surface area contributed by atoms with Crippen molar-refractivity contribution < 1.29 is 23.8 Å². The molecule has 1 aliphatic rings. The van der Waals surface area contributed by atoms with E-state index in [1.807, 2.05) is 30.3 Å². The number of H-pyrrole nitrogens is 1. The summed E-state index contributed by atoms with van der Waals surface area (Å²) in [6, 6.07) is 14.0. The maximum absolute atomic E-state index is 13.5. The van der Waals surface area contributed by atoms with Crippen LogP contribution in [0.5, 0.6) is 17.2 Å². The number of hydrogen-bond acceptors (Lipinski definition) is 9. The van der Waals surface area contributed by atoms with Gasteiger partial charge in [0.05, 0.1) is 33.1 Å². The Labute approximate surface area is 260 Å². The van der Waals surface area contributed by atoms with E-state index in [4.69, 9.17) is 14.2 Å². The highest BCUT2D eigenvalue weighted by molar-refractivity contribution is 5.91. The van der Waals surface area contributed by atoms with Gasteiger partial charge in [-0.2, -0.15) is 5.10 Å². The molecule has 0 aliphatic heterocycles. The minimum absolute atomic E-state index is 0.148. The van der Waals surface area contributed by atoms with E-state index in [0.29, 0.717) is 65.8 Å². The number of nitrogens with zero attached hydrogens (tertiary/aromatic N) is 2. The zero-order valence-electron chi connectivity index (χ0n) is 25.7. The molecule has 0 radical (unpaired) electrons. The number of rotatable bonds is 11. The van der Waals surface area contributed by atoms with E-state index in [-0.39, 0.29) is 23.7 Å². The number of ether oxygens (including phenoxy) is 3. The standard InChI is InChI=1S/C33H36N6O6/c1-19(40)37-25-12-10-20-16-28(43-2)31(44-3)32(45-4)30(20)23-11-13-26(27(41)17-24(23)25)34-14-6-9-29(42)38-22-8-5-7-21(15-22)33-35-18-36-39-33/h5,7-8,11,13,15-18,25H,6,9-10,12,14H2,1-4H3,(H,34,41)(H,37,40)(H,38,42)(H,35,36,39)/t25-/m0/s1. The van der Waals surface area contributed by atoms with Crippen molar-refractivity contribution >= 4 is 23.2 Å². The molecule has 4 N–H and O–H groups in total. The van der Waals surface area contributed by atoms with Gasteiger partial charge in [0.1, 0.15) is 6.33 Å². The molecule has 1 aromatic heterocycles. The van der Waals surface area contributed by atoms with Crippen LogP contribution in [0.25, 0.3) is 22.5 Å². The second kappa shape index (κ2) is 13.9. The number of methoxy groups -OCH3 is 3. The Morgan fingerprint density at radius 1 is 1.02 bits per heavy atom. The Morgan fingerprint density at radius 2 is 1.84 bits per heavy atom. The molecule has 45 heavy (non-hydrogen) atoms. The predicted octanol–water partition coefficient (Wildman–Crippen LogP) is 4.48. The fourth-order valence-electron chi connectivity index (χ4n) is 5.64. The van der Waals surface area contributed by atoms with E-state index in [9.17, 15) is 14.4 Å². The molecule has 0 saturated heterocycles. The molecule has 5 rings (SSSR count). The van der Waals surface area contributed by atoms with Gasteiger partial charge in [0, 0.05) is 36.7 Å². The van der Waals surface area contributed by atoms with Crippen LogP contribution in [-0.2, 0) is 16.0 Å². The van der Waals surface area contributed by atoms with Crippen molar-refractivity contribution in [2.75, 3.05) is 38.5 Å². The zero-order valence-corrected chi connectivity index (χ0v) is 25.7. The van der Waals surface area contributed by atoms with E-state index in [2.05, 4.69) is 31.1 Å². The Balaban J connectivity index is 1.36. The summed E-state index contributed by atoms with van der Waals surface area (Å²) in [6.45, 7) is 1.86.